The van der Waals surface area contributed by atoms with Crippen LogP contribution in [0.1, 0.15) is 38.1 Å². The molecule has 2 amide bonds. The molecule has 6 nitrogen and oxygen atoms in total. The lowest BCUT2D eigenvalue weighted by Crippen LogP contribution is -2.33. The molecule has 0 saturated heterocycles. The fourth-order valence-corrected chi connectivity index (χ4v) is 3.61. The van der Waals surface area contributed by atoms with E-state index in [1.54, 1.807) is 4.90 Å². The molecule has 0 radical (unpaired) electrons. The number of hydrogen-bond acceptors (Lipinski definition) is 3. The standard InChI is InChI=1S/C24H30N4O2/c1-4-19(5-2)24(30)25-15-22-26-20-13-9-10-14-21(20)28(22)17-23(29)27(3)16-18-11-7-6-8-12-18/h6-14,19H,4-5,15-17H2,1-3H3,(H,25,30). The van der Waals surface area contributed by atoms with Crippen LogP contribution >= 0.6 is 0 Å². The Hall–Kier alpha value is -3.15. The summed E-state index contributed by atoms with van der Waals surface area (Å²) in [6.45, 7) is 5.07. The maximum Gasteiger partial charge on any atom is 0.242 e. The van der Waals surface area contributed by atoms with Crippen LogP contribution in [-0.4, -0.2) is 33.3 Å². The van der Waals surface area contributed by atoms with Gasteiger partial charge in [-0.2, -0.15) is 0 Å². The lowest BCUT2D eigenvalue weighted by atomic mass is 10.0. The molecular formula is C24H30N4O2. The van der Waals surface area contributed by atoms with Crippen LogP contribution in [0.15, 0.2) is 54.6 Å². The van der Waals surface area contributed by atoms with Crippen LogP contribution in [0.25, 0.3) is 11.0 Å². The molecule has 2 aromatic carbocycles. The molecule has 0 fully saturated rings. The van der Waals surface area contributed by atoms with Gasteiger partial charge in [0.15, 0.2) is 0 Å². The summed E-state index contributed by atoms with van der Waals surface area (Å²) in [5, 5.41) is 3.00. The quantitative estimate of drug-likeness (QED) is 0.589. The summed E-state index contributed by atoms with van der Waals surface area (Å²) in [5.74, 6) is 0.721. The van der Waals surface area contributed by atoms with Gasteiger partial charge in [0, 0.05) is 19.5 Å². The van der Waals surface area contributed by atoms with Gasteiger partial charge in [0.1, 0.15) is 12.4 Å². The molecular weight excluding hydrogens is 376 g/mol. The number of carbonyl (C=O) groups is 2. The molecule has 6 heteroatoms. The minimum atomic E-state index is -0.00502. The van der Waals surface area contributed by atoms with Gasteiger partial charge in [-0.15, -0.1) is 0 Å². The molecule has 3 aromatic rings. The Morgan fingerprint density at radius 1 is 1.03 bits per heavy atom. The molecule has 1 aromatic heterocycles. The molecule has 0 bridgehead atoms. The van der Waals surface area contributed by atoms with Crippen molar-refractivity contribution in [3.8, 4) is 0 Å². The first-order valence-corrected chi connectivity index (χ1v) is 10.5. The number of benzene rings is 2. The molecule has 0 saturated carbocycles. The summed E-state index contributed by atoms with van der Waals surface area (Å²) in [4.78, 5) is 31.7. The Kier molecular flexibility index (Phi) is 7.22. The normalized spacial score (nSPS) is 11.1. The lowest BCUT2D eigenvalue weighted by molar-refractivity contribution is -0.131. The van der Waals surface area contributed by atoms with E-state index in [1.165, 1.54) is 0 Å². The minimum absolute atomic E-state index is 0.00136. The Morgan fingerprint density at radius 2 is 1.70 bits per heavy atom. The van der Waals surface area contributed by atoms with E-state index in [-0.39, 0.29) is 24.3 Å². The van der Waals surface area contributed by atoms with Crippen molar-refractivity contribution in [2.45, 2.75) is 46.3 Å². The third kappa shape index (κ3) is 5.06. The van der Waals surface area contributed by atoms with Crippen LogP contribution in [-0.2, 0) is 29.2 Å². The van der Waals surface area contributed by atoms with Gasteiger partial charge >= 0.3 is 0 Å². The monoisotopic (exact) mass is 406 g/mol. The highest BCUT2D eigenvalue weighted by molar-refractivity contribution is 5.81. The second kappa shape index (κ2) is 10.1. The van der Waals surface area contributed by atoms with Gasteiger partial charge in [-0.1, -0.05) is 56.3 Å². The molecule has 0 aliphatic heterocycles. The zero-order chi connectivity index (χ0) is 21.5. The summed E-state index contributed by atoms with van der Waals surface area (Å²) >= 11 is 0. The van der Waals surface area contributed by atoms with E-state index < -0.39 is 0 Å². The highest BCUT2D eigenvalue weighted by atomic mass is 16.2. The Labute approximate surface area is 177 Å². The van der Waals surface area contributed by atoms with Crippen molar-refractivity contribution in [1.29, 1.82) is 0 Å². The lowest BCUT2D eigenvalue weighted by Gasteiger charge is -2.19. The summed E-state index contributed by atoms with van der Waals surface area (Å²) in [5.41, 5.74) is 2.80. The number of aromatic nitrogens is 2. The number of nitrogens with zero attached hydrogens (tertiary/aromatic N) is 3. The summed E-state index contributed by atoms with van der Waals surface area (Å²) < 4.78 is 1.91. The average Bonchev–Trinajstić information content (AvgIpc) is 3.11. The number of nitrogens with one attached hydrogen (secondary N) is 1. The van der Waals surface area contributed by atoms with Gasteiger partial charge in [0.2, 0.25) is 11.8 Å². The number of para-hydroxylation sites is 2. The smallest absolute Gasteiger partial charge is 0.242 e. The molecule has 0 atom stereocenters. The van der Waals surface area contributed by atoms with E-state index in [0.29, 0.717) is 18.9 Å². The van der Waals surface area contributed by atoms with Crippen LogP contribution in [0.3, 0.4) is 0 Å². The van der Waals surface area contributed by atoms with Crippen LogP contribution in [0, 0.1) is 5.92 Å². The van der Waals surface area contributed by atoms with Crippen LogP contribution in [0.5, 0.6) is 0 Å². The first kappa shape index (κ1) is 21.6. The molecule has 0 spiro atoms. The minimum Gasteiger partial charge on any atom is -0.349 e. The third-order valence-electron chi connectivity index (χ3n) is 5.49. The van der Waals surface area contributed by atoms with Crippen molar-refractivity contribution in [2.75, 3.05) is 7.05 Å². The predicted octanol–water partition coefficient (Wildman–Crippen LogP) is 3.75. The third-order valence-corrected chi connectivity index (χ3v) is 5.49. The SMILES string of the molecule is CCC(CC)C(=O)NCc1nc2ccccc2n1CC(=O)N(C)Cc1ccccc1. The largest absolute Gasteiger partial charge is 0.349 e. The zero-order valence-corrected chi connectivity index (χ0v) is 18.0. The van der Waals surface area contributed by atoms with E-state index in [4.69, 9.17) is 0 Å². The van der Waals surface area contributed by atoms with Gasteiger partial charge in [-0.3, -0.25) is 9.59 Å². The summed E-state index contributed by atoms with van der Waals surface area (Å²) in [6, 6.07) is 17.7. The van der Waals surface area contributed by atoms with E-state index >= 15 is 0 Å². The molecule has 30 heavy (non-hydrogen) atoms. The number of amides is 2. The topological polar surface area (TPSA) is 67.2 Å². The van der Waals surface area contributed by atoms with Gasteiger partial charge in [-0.05, 0) is 30.5 Å². The molecule has 158 valence electrons. The molecule has 0 aliphatic rings. The fraction of sp³-hybridized carbons (Fsp3) is 0.375. The second-order valence-corrected chi connectivity index (χ2v) is 7.57. The van der Waals surface area contributed by atoms with Crippen LogP contribution in [0.2, 0.25) is 0 Å². The van der Waals surface area contributed by atoms with Crippen LogP contribution in [0.4, 0.5) is 0 Å². The fourth-order valence-electron chi connectivity index (χ4n) is 3.61. The highest BCUT2D eigenvalue weighted by Crippen LogP contribution is 2.17. The van der Waals surface area contributed by atoms with E-state index in [0.717, 1.165) is 29.4 Å². The molecule has 1 heterocycles. The molecule has 0 unspecified atom stereocenters. The number of likely N-dealkylation sites (N-methyl/N-ethyl adjacent to an activating group) is 1. The van der Waals surface area contributed by atoms with Gasteiger partial charge < -0.3 is 14.8 Å². The maximum absolute atomic E-state index is 12.9. The summed E-state index contributed by atoms with van der Waals surface area (Å²) in [6.07, 6.45) is 1.61. The Balaban J connectivity index is 1.77. The number of fused-ring (bicyclic) bond motifs is 1. The molecule has 0 aliphatic carbocycles. The van der Waals surface area contributed by atoms with Crippen LogP contribution < -0.4 is 5.32 Å². The average molecular weight is 407 g/mol. The van der Waals surface area contributed by atoms with Crippen molar-refractivity contribution >= 4 is 22.8 Å². The molecule has 1 N–H and O–H groups in total. The highest BCUT2D eigenvalue weighted by Gasteiger charge is 2.18. The van der Waals surface area contributed by atoms with Crippen molar-refractivity contribution < 1.29 is 9.59 Å². The Bertz CT molecular complexity index is 993. The maximum atomic E-state index is 12.9. The van der Waals surface area contributed by atoms with Crippen molar-refractivity contribution in [1.82, 2.24) is 19.8 Å². The first-order valence-electron chi connectivity index (χ1n) is 10.5. The molecule has 3 rings (SSSR count). The number of imidazole rings is 1. The Morgan fingerprint density at radius 3 is 2.40 bits per heavy atom. The van der Waals surface area contributed by atoms with Gasteiger partial charge in [-0.25, -0.2) is 4.98 Å². The number of hydrogen-bond donors (Lipinski definition) is 1. The number of rotatable bonds is 9. The predicted molar refractivity (Wildman–Crippen MR) is 119 cm³/mol. The van der Waals surface area contributed by atoms with Crippen molar-refractivity contribution in [2.24, 2.45) is 5.92 Å². The first-order chi connectivity index (χ1) is 14.5. The number of carbonyl (C=O) groups excluding carboxylic acids is 2. The van der Waals surface area contributed by atoms with Crippen molar-refractivity contribution in [3.63, 3.8) is 0 Å². The van der Waals surface area contributed by atoms with Gasteiger partial charge in [0.25, 0.3) is 0 Å². The second-order valence-electron chi connectivity index (χ2n) is 7.57. The summed E-state index contributed by atoms with van der Waals surface area (Å²) in [7, 11) is 1.81. The van der Waals surface area contributed by atoms with Gasteiger partial charge in [0.05, 0.1) is 17.6 Å². The van der Waals surface area contributed by atoms with E-state index in [2.05, 4.69) is 10.3 Å². The zero-order valence-electron chi connectivity index (χ0n) is 18.0. The van der Waals surface area contributed by atoms with Crippen molar-refractivity contribution in [3.05, 3.63) is 66.0 Å². The van der Waals surface area contributed by atoms with E-state index in [9.17, 15) is 9.59 Å². The van der Waals surface area contributed by atoms with E-state index in [1.807, 2.05) is 80.1 Å².